The zero-order valence-electron chi connectivity index (χ0n) is 9.73. The van der Waals surface area contributed by atoms with Crippen LogP contribution in [0.3, 0.4) is 0 Å². The molecule has 0 aromatic carbocycles. The van der Waals surface area contributed by atoms with E-state index in [4.69, 9.17) is 0 Å². The van der Waals surface area contributed by atoms with Crippen molar-refractivity contribution < 1.29 is 0 Å². The Labute approximate surface area is 92.6 Å². The van der Waals surface area contributed by atoms with Gasteiger partial charge in [-0.1, -0.05) is 0 Å². The van der Waals surface area contributed by atoms with Gasteiger partial charge in [-0.15, -0.1) is 0 Å². The summed E-state index contributed by atoms with van der Waals surface area (Å²) in [6.45, 7) is 8.82. The van der Waals surface area contributed by atoms with E-state index in [9.17, 15) is 0 Å². The molecule has 0 amide bonds. The van der Waals surface area contributed by atoms with Gasteiger partial charge >= 0.3 is 0 Å². The van der Waals surface area contributed by atoms with Crippen molar-refractivity contribution in [3.63, 3.8) is 0 Å². The second kappa shape index (κ2) is 5.99. The minimum atomic E-state index is 0.254. The maximum atomic E-state index is 3.62. The maximum absolute atomic E-state index is 3.62. The van der Waals surface area contributed by atoms with Gasteiger partial charge in [0.05, 0.1) is 0 Å². The van der Waals surface area contributed by atoms with Crippen molar-refractivity contribution in [3.8, 4) is 0 Å². The van der Waals surface area contributed by atoms with E-state index in [-0.39, 0.29) is 5.54 Å². The molecule has 84 valence electrons. The molecule has 0 atom stereocenters. The second-order valence-corrected chi connectivity index (χ2v) is 6.24. The molecule has 0 bridgehead atoms. The fourth-order valence-electron chi connectivity index (χ4n) is 1.62. The molecule has 0 saturated carbocycles. The number of hydrogen-bond acceptors (Lipinski definition) is 3. The molecule has 1 fully saturated rings. The fraction of sp³-hybridized carbons (Fsp3) is 1.00. The zero-order chi connectivity index (χ0) is 10.4. The van der Waals surface area contributed by atoms with Crippen LogP contribution in [0, 0.1) is 0 Å². The highest BCUT2D eigenvalue weighted by Gasteiger charge is 2.13. The van der Waals surface area contributed by atoms with E-state index in [1.54, 1.807) is 0 Å². The van der Waals surface area contributed by atoms with Gasteiger partial charge in [0.2, 0.25) is 0 Å². The molecule has 3 heteroatoms. The predicted molar refractivity (Wildman–Crippen MR) is 66.1 cm³/mol. The molecule has 0 aromatic rings. The molecule has 0 aliphatic carbocycles. The van der Waals surface area contributed by atoms with Gasteiger partial charge in [-0.05, 0) is 45.1 Å². The standard InChI is InChI=1S/C11H24N2S/c1-11(2,3)13-7-6-12-10-4-8-14-9-5-10/h10,12-13H,4-9H2,1-3H3. The third kappa shape index (κ3) is 5.89. The predicted octanol–water partition coefficient (Wildman–Crippen LogP) is 1.86. The quantitative estimate of drug-likeness (QED) is 0.702. The maximum Gasteiger partial charge on any atom is 0.00970 e. The molecule has 0 aromatic heterocycles. The van der Waals surface area contributed by atoms with E-state index < -0.39 is 0 Å². The highest BCUT2D eigenvalue weighted by molar-refractivity contribution is 7.99. The SMILES string of the molecule is CC(C)(C)NCCNC1CCSCC1. The summed E-state index contributed by atoms with van der Waals surface area (Å²) in [4.78, 5) is 0. The van der Waals surface area contributed by atoms with Crippen LogP contribution >= 0.6 is 11.8 Å². The molecule has 1 aliphatic heterocycles. The van der Waals surface area contributed by atoms with Crippen molar-refractivity contribution >= 4 is 11.8 Å². The van der Waals surface area contributed by atoms with E-state index in [1.807, 2.05) is 0 Å². The summed E-state index contributed by atoms with van der Waals surface area (Å²) >= 11 is 2.09. The smallest absolute Gasteiger partial charge is 0.00970 e. The van der Waals surface area contributed by atoms with Gasteiger partial charge in [0.25, 0.3) is 0 Å². The Hall–Kier alpha value is 0.270. The van der Waals surface area contributed by atoms with Crippen LogP contribution in [0.15, 0.2) is 0 Å². The topological polar surface area (TPSA) is 24.1 Å². The fourth-order valence-corrected chi connectivity index (χ4v) is 2.72. The second-order valence-electron chi connectivity index (χ2n) is 5.02. The lowest BCUT2D eigenvalue weighted by atomic mass is 10.1. The van der Waals surface area contributed by atoms with Gasteiger partial charge in [-0.3, -0.25) is 0 Å². The van der Waals surface area contributed by atoms with Gasteiger partial charge in [-0.25, -0.2) is 0 Å². The average molecular weight is 216 g/mol. The summed E-state index contributed by atoms with van der Waals surface area (Å²) in [5, 5.41) is 7.11. The van der Waals surface area contributed by atoms with Crippen LogP contribution in [0.5, 0.6) is 0 Å². The molecule has 1 heterocycles. The molecule has 2 N–H and O–H groups in total. The Morgan fingerprint density at radius 3 is 2.36 bits per heavy atom. The van der Waals surface area contributed by atoms with Crippen LogP contribution < -0.4 is 10.6 Å². The van der Waals surface area contributed by atoms with E-state index in [1.165, 1.54) is 24.3 Å². The van der Waals surface area contributed by atoms with E-state index in [2.05, 4.69) is 43.2 Å². The summed E-state index contributed by atoms with van der Waals surface area (Å²) in [5.41, 5.74) is 0.254. The summed E-state index contributed by atoms with van der Waals surface area (Å²) in [7, 11) is 0. The lowest BCUT2D eigenvalue weighted by Gasteiger charge is -2.25. The number of thioether (sulfide) groups is 1. The zero-order valence-corrected chi connectivity index (χ0v) is 10.5. The molecule has 1 rings (SSSR count). The Morgan fingerprint density at radius 2 is 1.79 bits per heavy atom. The molecule has 1 saturated heterocycles. The van der Waals surface area contributed by atoms with Crippen LogP contribution in [0.4, 0.5) is 0 Å². The highest BCUT2D eigenvalue weighted by atomic mass is 32.2. The average Bonchev–Trinajstić information content (AvgIpc) is 2.13. The minimum absolute atomic E-state index is 0.254. The summed E-state index contributed by atoms with van der Waals surface area (Å²) in [6.07, 6.45) is 2.69. The molecule has 0 unspecified atom stereocenters. The van der Waals surface area contributed by atoms with Crippen LogP contribution in [0.1, 0.15) is 33.6 Å². The van der Waals surface area contributed by atoms with Gasteiger partial charge in [0.1, 0.15) is 0 Å². The van der Waals surface area contributed by atoms with E-state index in [0.29, 0.717) is 0 Å². The van der Waals surface area contributed by atoms with Crippen LogP contribution in [-0.2, 0) is 0 Å². The van der Waals surface area contributed by atoms with Crippen molar-refractivity contribution in [2.24, 2.45) is 0 Å². The van der Waals surface area contributed by atoms with Gasteiger partial charge in [0, 0.05) is 24.7 Å². The Morgan fingerprint density at radius 1 is 1.14 bits per heavy atom. The molecule has 0 spiro atoms. The first kappa shape index (κ1) is 12.3. The normalized spacial score (nSPS) is 19.9. The largest absolute Gasteiger partial charge is 0.313 e. The van der Waals surface area contributed by atoms with Crippen molar-refractivity contribution in [1.82, 2.24) is 10.6 Å². The first-order valence-corrected chi connectivity index (χ1v) is 6.79. The van der Waals surface area contributed by atoms with Gasteiger partial charge in [0.15, 0.2) is 0 Å². The Bertz CT molecular complexity index is 148. The summed E-state index contributed by atoms with van der Waals surface area (Å²) in [5.74, 6) is 2.68. The van der Waals surface area contributed by atoms with Crippen LogP contribution in [-0.4, -0.2) is 36.2 Å². The summed E-state index contributed by atoms with van der Waals surface area (Å²) in [6, 6.07) is 0.776. The Balaban J connectivity index is 1.97. The molecular formula is C11H24N2S. The minimum Gasteiger partial charge on any atom is -0.313 e. The third-order valence-corrected chi connectivity index (χ3v) is 3.48. The summed E-state index contributed by atoms with van der Waals surface area (Å²) < 4.78 is 0. The number of hydrogen-bond donors (Lipinski definition) is 2. The monoisotopic (exact) mass is 216 g/mol. The third-order valence-electron chi connectivity index (χ3n) is 2.43. The molecular weight excluding hydrogens is 192 g/mol. The van der Waals surface area contributed by atoms with Crippen molar-refractivity contribution in [2.45, 2.75) is 45.2 Å². The van der Waals surface area contributed by atoms with Gasteiger partial charge in [-0.2, -0.15) is 11.8 Å². The molecule has 2 nitrogen and oxygen atoms in total. The molecule has 1 aliphatic rings. The van der Waals surface area contributed by atoms with E-state index >= 15 is 0 Å². The Kier molecular flexibility index (Phi) is 5.28. The molecule has 0 radical (unpaired) electrons. The first-order chi connectivity index (χ1) is 6.58. The van der Waals surface area contributed by atoms with Gasteiger partial charge < -0.3 is 10.6 Å². The lowest BCUT2D eigenvalue weighted by molar-refractivity contribution is 0.403. The van der Waals surface area contributed by atoms with Crippen LogP contribution in [0.2, 0.25) is 0 Å². The molecule has 14 heavy (non-hydrogen) atoms. The van der Waals surface area contributed by atoms with Crippen molar-refractivity contribution in [3.05, 3.63) is 0 Å². The van der Waals surface area contributed by atoms with Crippen molar-refractivity contribution in [2.75, 3.05) is 24.6 Å². The number of nitrogens with one attached hydrogen (secondary N) is 2. The van der Waals surface area contributed by atoms with Crippen LogP contribution in [0.25, 0.3) is 0 Å². The van der Waals surface area contributed by atoms with Crippen molar-refractivity contribution in [1.29, 1.82) is 0 Å². The highest BCUT2D eigenvalue weighted by Crippen LogP contribution is 2.16. The lowest BCUT2D eigenvalue weighted by Crippen LogP contribution is -2.43. The number of rotatable bonds is 4. The van der Waals surface area contributed by atoms with E-state index in [0.717, 1.165) is 19.1 Å². The first-order valence-electron chi connectivity index (χ1n) is 5.64.